The van der Waals surface area contributed by atoms with Crippen molar-refractivity contribution >= 4 is 21.5 Å². The molecule has 0 saturated heterocycles. The highest BCUT2D eigenvalue weighted by atomic mass is 32.2. The molecule has 0 radical (unpaired) electrons. The van der Waals surface area contributed by atoms with Crippen molar-refractivity contribution in [3.8, 4) is 0 Å². The van der Waals surface area contributed by atoms with E-state index in [0.717, 1.165) is 25.7 Å². The second-order valence-electron chi connectivity index (χ2n) is 6.91. The number of ketones is 1. The third kappa shape index (κ3) is 3.67. The molecule has 0 aromatic heterocycles. The summed E-state index contributed by atoms with van der Waals surface area (Å²) in [7, 11) is -3.84. The van der Waals surface area contributed by atoms with Gasteiger partial charge in [0, 0.05) is 22.7 Å². The van der Waals surface area contributed by atoms with Crippen LogP contribution in [0.4, 0.5) is 0 Å². The van der Waals surface area contributed by atoms with Gasteiger partial charge >= 0.3 is 0 Å². The van der Waals surface area contributed by atoms with E-state index in [1.165, 1.54) is 30.3 Å². The van der Waals surface area contributed by atoms with E-state index in [2.05, 4.69) is 12.2 Å². The predicted molar refractivity (Wildman–Crippen MR) is 103 cm³/mol. The third-order valence-corrected chi connectivity index (χ3v) is 6.67. The molecule has 1 aliphatic rings. The van der Waals surface area contributed by atoms with Crippen molar-refractivity contribution in [1.29, 1.82) is 0 Å². The summed E-state index contributed by atoms with van der Waals surface area (Å²) in [5, 5.41) is 2.90. The molecule has 27 heavy (non-hydrogen) atoms. The Labute approximate surface area is 159 Å². The molecule has 0 fully saturated rings. The van der Waals surface area contributed by atoms with Gasteiger partial charge in [0.05, 0.1) is 9.79 Å². The van der Waals surface area contributed by atoms with Crippen molar-refractivity contribution in [3.05, 3.63) is 59.2 Å². The van der Waals surface area contributed by atoms with Gasteiger partial charge in [-0.25, -0.2) is 8.42 Å². The lowest BCUT2D eigenvalue weighted by Crippen LogP contribution is -2.32. The lowest BCUT2D eigenvalue weighted by Gasteiger charge is -2.20. The Morgan fingerprint density at radius 3 is 2.48 bits per heavy atom. The predicted octanol–water partition coefficient (Wildman–Crippen LogP) is 3.76. The molecular formula is C21H23NO4S. The quantitative estimate of drug-likeness (QED) is 0.655. The van der Waals surface area contributed by atoms with Crippen LogP contribution in [-0.4, -0.2) is 26.2 Å². The normalized spacial score (nSPS) is 15.6. The SMILES string of the molecule is CCCCC[C@@H](C)NC(=O)c1ccc2c(c1)S(=O)(=O)c1ccccc1C2=O. The molecule has 0 aliphatic carbocycles. The van der Waals surface area contributed by atoms with Gasteiger partial charge in [-0.1, -0.05) is 38.3 Å². The fourth-order valence-corrected chi connectivity index (χ4v) is 4.98. The summed E-state index contributed by atoms with van der Waals surface area (Å²) in [6.45, 7) is 4.05. The van der Waals surface area contributed by atoms with Crippen LogP contribution in [0, 0.1) is 0 Å². The number of hydrogen-bond donors (Lipinski definition) is 1. The van der Waals surface area contributed by atoms with Gasteiger partial charge in [0.25, 0.3) is 5.91 Å². The largest absolute Gasteiger partial charge is 0.350 e. The standard InChI is InChI=1S/C21H23NO4S/c1-3-4-5-8-14(2)22-21(24)15-11-12-17-19(13-15)27(25,26)18-10-7-6-9-16(18)20(17)23/h6-7,9-14H,3-5,8H2,1-2H3,(H,22,24)/t14-/m1/s1. The Morgan fingerprint density at radius 1 is 1.04 bits per heavy atom. The summed E-state index contributed by atoms with van der Waals surface area (Å²) in [5.74, 6) is -0.668. The van der Waals surface area contributed by atoms with Gasteiger partial charge in [-0.05, 0) is 43.7 Å². The Bertz CT molecular complexity index is 995. The fourth-order valence-electron chi connectivity index (χ4n) is 3.31. The maximum atomic E-state index is 12.9. The number of benzene rings is 2. The molecule has 0 unspecified atom stereocenters. The van der Waals surface area contributed by atoms with E-state index in [1.54, 1.807) is 12.1 Å². The number of rotatable bonds is 6. The van der Waals surface area contributed by atoms with Crippen molar-refractivity contribution in [1.82, 2.24) is 5.32 Å². The average Bonchev–Trinajstić information content (AvgIpc) is 2.66. The molecule has 1 atom stereocenters. The molecular weight excluding hydrogens is 362 g/mol. The Balaban J connectivity index is 1.90. The molecule has 0 spiro atoms. The minimum Gasteiger partial charge on any atom is -0.350 e. The van der Waals surface area contributed by atoms with Crippen LogP contribution in [0.3, 0.4) is 0 Å². The first kappa shape index (κ1) is 19.3. The smallest absolute Gasteiger partial charge is 0.251 e. The minimum absolute atomic E-state index is 0.000882. The van der Waals surface area contributed by atoms with Crippen LogP contribution in [0.15, 0.2) is 52.3 Å². The highest BCUT2D eigenvalue weighted by Crippen LogP contribution is 2.34. The Hall–Kier alpha value is -2.47. The molecule has 1 N–H and O–H groups in total. The molecule has 1 aliphatic heterocycles. The van der Waals surface area contributed by atoms with Gasteiger partial charge in [0.2, 0.25) is 9.84 Å². The van der Waals surface area contributed by atoms with Gasteiger partial charge in [-0.3, -0.25) is 9.59 Å². The summed E-state index contributed by atoms with van der Waals surface area (Å²) in [5.41, 5.74) is 0.528. The summed E-state index contributed by atoms with van der Waals surface area (Å²) < 4.78 is 25.9. The van der Waals surface area contributed by atoms with Crippen LogP contribution in [0.5, 0.6) is 0 Å². The molecule has 1 heterocycles. The first-order valence-corrected chi connectivity index (χ1v) is 10.7. The summed E-state index contributed by atoms with van der Waals surface area (Å²) in [6, 6.07) is 10.4. The van der Waals surface area contributed by atoms with E-state index in [-0.39, 0.29) is 44.2 Å². The number of carbonyl (C=O) groups is 2. The lowest BCUT2D eigenvalue weighted by atomic mass is 10.0. The molecule has 2 aromatic carbocycles. The number of carbonyl (C=O) groups excluding carboxylic acids is 2. The molecule has 1 amide bonds. The average molecular weight is 385 g/mol. The molecule has 5 nitrogen and oxygen atoms in total. The number of nitrogens with one attached hydrogen (secondary N) is 1. The van der Waals surface area contributed by atoms with Crippen molar-refractivity contribution in [2.24, 2.45) is 0 Å². The summed E-state index contributed by atoms with van der Waals surface area (Å²) in [4.78, 5) is 25.1. The second kappa shape index (κ2) is 7.64. The van der Waals surface area contributed by atoms with Gasteiger partial charge in [-0.15, -0.1) is 0 Å². The van der Waals surface area contributed by atoms with Crippen molar-refractivity contribution in [2.45, 2.75) is 55.4 Å². The highest BCUT2D eigenvalue weighted by molar-refractivity contribution is 7.91. The van der Waals surface area contributed by atoms with E-state index < -0.39 is 9.84 Å². The third-order valence-electron chi connectivity index (χ3n) is 4.82. The molecule has 0 saturated carbocycles. The monoisotopic (exact) mass is 385 g/mol. The summed E-state index contributed by atoms with van der Waals surface area (Å²) >= 11 is 0. The number of sulfone groups is 1. The molecule has 6 heteroatoms. The Morgan fingerprint density at radius 2 is 1.74 bits per heavy atom. The second-order valence-corrected chi connectivity index (χ2v) is 8.80. The van der Waals surface area contributed by atoms with E-state index in [0.29, 0.717) is 0 Å². The number of amides is 1. The molecule has 3 rings (SSSR count). The van der Waals surface area contributed by atoms with Crippen molar-refractivity contribution in [3.63, 3.8) is 0 Å². The van der Waals surface area contributed by atoms with E-state index >= 15 is 0 Å². The Kier molecular flexibility index (Phi) is 5.46. The maximum absolute atomic E-state index is 12.9. The zero-order valence-corrected chi connectivity index (χ0v) is 16.3. The summed E-state index contributed by atoms with van der Waals surface area (Å²) in [6.07, 6.45) is 4.12. The van der Waals surface area contributed by atoms with Crippen LogP contribution in [-0.2, 0) is 9.84 Å². The van der Waals surface area contributed by atoms with Gasteiger partial charge in [0.15, 0.2) is 5.78 Å². The zero-order chi connectivity index (χ0) is 19.6. The first-order chi connectivity index (χ1) is 12.9. The minimum atomic E-state index is -3.84. The van der Waals surface area contributed by atoms with E-state index in [9.17, 15) is 18.0 Å². The molecule has 2 aromatic rings. The van der Waals surface area contributed by atoms with Crippen molar-refractivity contribution < 1.29 is 18.0 Å². The molecule has 0 bridgehead atoms. The van der Waals surface area contributed by atoms with Gasteiger partial charge in [0.1, 0.15) is 0 Å². The fraction of sp³-hybridized carbons (Fsp3) is 0.333. The van der Waals surface area contributed by atoms with E-state index in [1.807, 2.05) is 6.92 Å². The van der Waals surface area contributed by atoms with E-state index in [4.69, 9.17) is 0 Å². The van der Waals surface area contributed by atoms with Crippen LogP contribution in [0.2, 0.25) is 0 Å². The lowest BCUT2D eigenvalue weighted by molar-refractivity contribution is 0.0936. The van der Waals surface area contributed by atoms with Crippen LogP contribution in [0.25, 0.3) is 0 Å². The van der Waals surface area contributed by atoms with Crippen LogP contribution < -0.4 is 5.32 Å². The topological polar surface area (TPSA) is 80.3 Å². The zero-order valence-electron chi connectivity index (χ0n) is 15.5. The highest BCUT2D eigenvalue weighted by Gasteiger charge is 2.35. The number of unbranched alkanes of at least 4 members (excludes halogenated alkanes) is 2. The maximum Gasteiger partial charge on any atom is 0.251 e. The number of fused-ring (bicyclic) bond motifs is 2. The van der Waals surface area contributed by atoms with Crippen molar-refractivity contribution in [2.75, 3.05) is 0 Å². The van der Waals surface area contributed by atoms with Gasteiger partial charge < -0.3 is 5.32 Å². The molecule has 142 valence electrons. The number of hydrogen-bond acceptors (Lipinski definition) is 4. The first-order valence-electron chi connectivity index (χ1n) is 9.20. The van der Waals surface area contributed by atoms with Gasteiger partial charge in [-0.2, -0.15) is 0 Å². The van der Waals surface area contributed by atoms with Crippen LogP contribution in [0.1, 0.15) is 65.8 Å². The van der Waals surface area contributed by atoms with Crippen LogP contribution >= 0.6 is 0 Å².